The van der Waals surface area contributed by atoms with Gasteiger partial charge in [0.25, 0.3) is 5.56 Å². The number of para-hydroxylation sites is 1. The molecule has 2 aromatic heterocycles. The summed E-state index contributed by atoms with van der Waals surface area (Å²) < 4.78 is 1.19. The predicted molar refractivity (Wildman–Crippen MR) is 127 cm³/mol. The zero-order valence-corrected chi connectivity index (χ0v) is 17.6. The monoisotopic (exact) mass is 424 g/mol. The number of nitrogens with zero attached hydrogens (tertiary/aromatic N) is 2. The predicted octanol–water partition coefficient (Wildman–Crippen LogP) is 3.89. The lowest BCUT2D eigenvalue weighted by Gasteiger charge is -2.14. The number of nitrogens with two attached hydrogens (primary N) is 2. The first-order valence-corrected chi connectivity index (χ1v) is 10.4. The summed E-state index contributed by atoms with van der Waals surface area (Å²) in [5.74, 6) is -0.282. The summed E-state index contributed by atoms with van der Waals surface area (Å²) in [4.78, 5) is 30.0. The zero-order chi connectivity index (χ0) is 22.5. The number of anilines is 1. The van der Waals surface area contributed by atoms with Crippen LogP contribution in [-0.2, 0) is 13.0 Å². The van der Waals surface area contributed by atoms with Gasteiger partial charge in [0, 0.05) is 48.9 Å². The van der Waals surface area contributed by atoms with Crippen LogP contribution in [0.15, 0.2) is 90.1 Å². The minimum atomic E-state index is -0.373. The topological polar surface area (TPSA) is 104 Å². The highest BCUT2D eigenvalue weighted by Crippen LogP contribution is 2.31. The van der Waals surface area contributed by atoms with Crippen LogP contribution in [0.5, 0.6) is 0 Å². The summed E-state index contributed by atoms with van der Waals surface area (Å²) in [5.41, 5.74) is 17.2. The first-order chi connectivity index (χ1) is 15.6. The van der Waals surface area contributed by atoms with Crippen molar-refractivity contribution in [1.82, 2.24) is 9.55 Å². The van der Waals surface area contributed by atoms with Gasteiger partial charge in [0.1, 0.15) is 0 Å². The number of carbonyl (C=O) groups excluding carboxylic acids is 1. The second-order valence-corrected chi connectivity index (χ2v) is 7.54. The third-order valence-electron chi connectivity index (χ3n) is 5.45. The van der Waals surface area contributed by atoms with E-state index < -0.39 is 0 Å². The van der Waals surface area contributed by atoms with E-state index in [4.69, 9.17) is 11.5 Å². The van der Waals surface area contributed by atoms with Crippen LogP contribution in [0.25, 0.3) is 22.3 Å². The quantitative estimate of drug-likeness (QED) is 0.457. The van der Waals surface area contributed by atoms with Crippen molar-refractivity contribution in [2.45, 2.75) is 19.4 Å². The number of hydrogen-bond donors (Lipinski definition) is 2. The number of aromatic nitrogens is 2. The van der Waals surface area contributed by atoms with E-state index in [2.05, 4.69) is 4.98 Å². The van der Waals surface area contributed by atoms with Gasteiger partial charge in [-0.3, -0.25) is 19.1 Å². The molecule has 2 aromatic carbocycles. The van der Waals surface area contributed by atoms with E-state index in [0.717, 1.165) is 33.4 Å². The van der Waals surface area contributed by atoms with Gasteiger partial charge in [-0.1, -0.05) is 36.4 Å². The summed E-state index contributed by atoms with van der Waals surface area (Å²) in [6.07, 6.45) is 5.63. The molecule has 0 fully saturated rings. The first kappa shape index (κ1) is 21.2. The summed E-state index contributed by atoms with van der Waals surface area (Å²) in [7, 11) is 0. The fraction of sp³-hybridized carbons (Fsp3) is 0.115. The molecule has 0 aliphatic heterocycles. The molecule has 4 rings (SSSR count). The summed E-state index contributed by atoms with van der Waals surface area (Å²) in [6.45, 7) is 0.399. The van der Waals surface area contributed by atoms with Gasteiger partial charge in [0.15, 0.2) is 0 Å². The molecule has 0 radical (unpaired) electrons. The number of pyridine rings is 2. The standard InChI is InChI=1S/C26H24N4O2/c27-16-18-4-3-6-21(14-18)22-15-26(32)30(17-23(22)19-10-12-29-13-11-19)25(31)9-8-20-5-1-2-7-24(20)28/h1-7,10-15,17H,8-9,16,27-28H2. The smallest absolute Gasteiger partial charge is 0.257 e. The highest BCUT2D eigenvalue weighted by molar-refractivity contribution is 5.86. The molecule has 0 saturated heterocycles. The molecule has 32 heavy (non-hydrogen) atoms. The van der Waals surface area contributed by atoms with Gasteiger partial charge < -0.3 is 11.5 Å². The second-order valence-electron chi connectivity index (χ2n) is 7.54. The Labute approximate surface area is 186 Å². The largest absolute Gasteiger partial charge is 0.399 e. The van der Waals surface area contributed by atoms with Gasteiger partial charge in [-0.05, 0) is 58.5 Å². The molecular formula is C26H24N4O2. The Morgan fingerprint density at radius 3 is 2.44 bits per heavy atom. The fourth-order valence-corrected chi connectivity index (χ4v) is 3.72. The first-order valence-electron chi connectivity index (χ1n) is 10.4. The Balaban J connectivity index is 1.75. The van der Waals surface area contributed by atoms with Crippen LogP contribution in [0, 0.1) is 0 Å². The van der Waals surface area contributed by atoms with Crippen molar-refractivity contribution in [2.75, 3.05) is 5.73 Å². The van der Waals surface area contributed by atoms with E-state index in [1.54, 1.807) is 24.7 Å². The fourth-order valence-electron chi connectivity index (χ4n) is 3.72. The van der Waals surface area contributed by atoms with Gasteiger partial charge in [-0.25, -0.2) is 0 Å². The highest BCUT2D eigenvalue weighted by Gasteiger charge is 2.15. The second kappa shape index (κ2) is 9.41. The van der Waals surface area contributed by atoms with E-state index in [0.29, 0.717) is 18.7 Å². The van der Waals surface area contributed by atoms with Crippen LogP contribution in [0.2, 0.25) is 0 Å². The molecule has 0 atom stereocenters. The lowest BCUT2D eigenvalue weighted by atomic mass is 9.95. The molecule has 0 aliphatic rings. The van der Waals surface area contributed by atoms with Crippen LogP contribution in [0.4, 0.5) is 5.69 Å². The lowest BCUT2D eigenvalue weighted by Crippen LogP contribution is -2.26. The van der Waals surface area contributed by atoms with E-state index in [1.165, 1.54) is 10.6 Å². The van der Waals surface area contributed by atoms with Gasteiger partial charge in [-0.2, -0.15) is 0 Å². The molecule has 0 saturated carbocycles. The molecule has 0 unspecified atom stereocenters. The normalized spacial score (nSPS) is 10.8. The number of carbonyl (C=O) groups is 1. The molecular weight excluding hydrogens is 400 g/mol. The minimum Gasteiger partial charge on any atom is -0.399 e. The average molecular weight is 425 g/mol. The van der Waals surface area contributed by atoms with Crippen LogP contribution >= 0.6 is 0 Å². The maximum atomic E-state index is 13.0. The summed E-state index contributed by atoms with van der Waals surface area (Å²) in [6, 6.07) is 20.4. The Hall–Kier alpha value is -4.03. The highest BCUT2D eigenvalue weighted by atomic mass is 16.2. The van der Waals surface area contributed by atoms with Crippen molar-refractivity contribution in [3.8, 4) is 22.3 Å². The third kappa shape index (κ3) is 4.50. The van der Waals surface area contributed by atoms with Crippen LogP contribution in [0.3, 0.4) is 0 Å². The van der Waals surface area contributed by atoms with Crippen molar-refractivity contribution < 1.29 is 4.79 Å². The van der Waals surface area contributed by atoms with Crippen molar-refractivity contribution >= 4 is 11.6 Å². The Bertz CT molecular complexity index is 1310. The molecule has 6 heteroatoms. The van der Waals surface area contributed by atoms with Crippen molar-refractivity contribution in [3.05, 3.63) is 107 Å². The van der Waals surface area contributed by atoms with Crippen LogP contribution < -0.4 is 17.0 Å². The molecule has 0 amide bonds. The SMILES string of the molecule is NCc1cccc(-c2cc(=O)n(C(=O)CCc3ccccc3N)cc2-c2ccncc2)c1. The molecule has 0 spiro atoms. The molecule has 6 nitrogen and oxygen atoms in total. The maximum Gasteiger partial charge on any atom is 0.257 e. The van der Waals surface area contributed by atoms with Crippen LogP contribution in [0.1, 0.15) is 22.3 Å². The number of hydrogen-bond acceptors (Lipinski definition) is 5. The number of aryl methyl sites for hydroxylation is 1. The number of nitrogen functional groups attached to an aromatic ring is 1. The average Bonchev–Trinajstić information content (AvgIpc) is 2.83. The summed E-state index contributed by atoms with van der Waals surface area (Å²) >= 11 is 0. The zero-order valence-electron chi connectivity index (χ0n) is 17.6. The van der Waals surface area contributed by atoms with Gasteiger partial charge in [-0.15, -0.1) is 0 Å². The molecule has 0 bridgehead atoms. The van der Waals surface area contributed by atoms with Crippen molar-refractivity contribution in [2.24, 2.45) is 5.73 Å². The minimum absolute atomic E-state index is 0.173. The Kier molecular flexibility index (Phi) is 6.24. The van der Waals surface area contributed by atoms with E-state index in [-0.39, 0.29) is 17.9 Å². The van der Waals surface area contributed by atoms with Gasteiger partial charge in [0.2, 0.25) is 5.91 Å². The van der Waals surface area contributed by atoms with Crippen molar-refractivity contribution in [1.29, 1.82) is 0 Å². The maximum absolute atomic E-state index is 13.0. The van der Waals surface area contributed by atoms with E-state index >= 15 is 0 Å². The Morgan fingerprint density at radius 2 is 1.69 bits per heavy atom. The molecule has 160 valence electrons. The molecule has 0 aliphatic carbocycles. The third-order valence-corrected chi connectivity index (χ3v) is 5.45. The summed E-state index contributed by atoms with van der Waals surface area (Å²) in [5, 5.41) is 0. The van der Waals surface area contributed by atoms with Gasteiger partial charge >= 0.3 is 0 Å². The number of rotatable bonds is 6. The molecule has 2 heterocycles. The lowest BCUT2D eigenvalue weighted by molar-refractivity contribution is 0.0899. The van der Waals surface area contributed by atoms with Crippen LogP contribution in [-0.4, -0.2) is 15.5 Å². The Morgan fingerprint density at radius 1 is 0.906 bits per heavy atom. The van der Waals surface area contributed by atoms with E-state index in [1.807, 2.05) is 54.6 Å². The number of benzene rings is 2. The molecule has 4 aromatic rings. The van der Waals surface area contributed by atoms with Crippen molar-refractivity contribution in [3.63, 3.8) is 0 Å². The van der Waals surface area contributed by atoms with Gasteiger partial charge in [0.05, 0.1) is 0 Å². The molecule has 4 N–H and O–H groups in total. The van der Waals surface area contributed by atoms with E-state index in [9.17, 15) is 9.59 Å².